The van der Waals surface area contributed by atoms with Gasteiger partial charge < -0.3 is 14.6 Å². The molecule has 1 spiro atoms. The van der Waals surface area contributed by atoms with Gasteiger partial charge in [-0.15, -0.1) is 0 Å². The Hall–Kier alpha value is -2.47. The van der Waals surface area contributed by atoms with Crippen LogP contribution in [0.2, 0.25) is 0 Å². The minimum Gasteiger partial charge on any atom is -0.396 e. The first-order valence-electron chi connectivity index (χ1n) is 13.2. The second-order valence-corrected chi connectivity index (χ2v) is 10.8. The molecule has 1 saturated heterocycles. The van der Waals surface area contributed by atoms with Crippen LogP contribution in [-0.4, -0.2) is 40.3 Å². The van der Waals surface area contributed by atoms with E-state index in [0.717, 1.165) is 55.6 Å². The Bertz CT molecular complexity index is 1200. The Balaban J connectivity index is 1.48. The number of hydrogen-bond donors (Lipinski definition) is 1. The van der Waals surface area contributed by atoms with Crippen LogP contribution in [0.5, 0.6) is 0 Å². The van der Waals surface area contributed by atoms with E-state index in [1.165, 1.54) is 17.0 Å². The van der Waals surface area contributed by atoms with E-state index in [1.807, 2.05) is 0 Å². The van der Waals surface area contributed by atoms with E-state index in [9.17, 15) is 5.11 Å². The third-order valence-electron chi connectivity index (χ3n) is 8.91. The smallest absolute Gasteiger partial charge is 0.171 e. The van der Waals surface area contributed by atoms with Crippen LogP contribution < -0.4 is 0 Å². The van der Waals surface area contributed by atoms with Crippen LogP contribution in [0, 0.1) is 11.8 Å². The summed E-state index contributed by atoms with van der Waals surface area (Å²) in [6.07, 6.45) is 5.71. The minimum absolute atomic E-state index is 0.00314. The topological polar surface area (TPSA) is 56.5 Å². The van der Waals surface area contributed by atoms with Gasteiger partial charge in [-0.2, -0.15) is 0 Å². The molecule has 2 aromatic carbocycles. The van der Waals surface area contributed by atoms with Crippen LogP contribution in [0.25, 0.3) is 17.1 Å². The maximum Gasteiger partial charge on any atom is 0.171 e. The van der Waals surface area contributed by atoms with Gasteiger partial charge in [0, 0.05) is 41.3 Å². The second-order valence-electron chi connectivity index (χ2n) is 10.8. The number of ether oxygens (including phenoxy) is 2. The van der Waals surface area contributed by atoms with Gasteiger partial charge in [-0.3, -0.25) is 4.57 Å². The first kappa shape index (κ1) is 23.0. The number of nitrogens with zero attached hydrogens (tertiary/aromatic N) is 2. The monoisotopic (exact) mass is 472 g/mol. The zero-order valence-electron chi connectivity index (χ0n) is 20.9. The molecule has 0 bridgehead atoms. The zero-order valence-corrected chi connectivity index (χ0v) is 20.9. The molecular weight excluding hydrogens is 436 g/mol. The Morgan fingerprint density at radius 2 is 1.86 bits per heavy atom. The molecule has 184 valence electrons. The van der Waals surface area contributed by atoms with Crippen LogP contribution >= 0.6 is 0 Å². The lowest BCUT2D eigenvalue weighted by atomic mass is 9.55. The fraction of sp³-hybridized carbons (Fsp3) is 0.500. The van der Waals surface area contributed by atoms with E-state index < -0.39 is 5.79 Å². The number of fused-ring (bicyclic) bond motifs is 3. The summed E-state index contributed by atoms with van der Waals surface area (Å²) in [5, 5.41) is 9.34. The predicted molar refractivity (Wildman–Crippen MR) is 137 cm³/mol. The molecule has 2 fully saturated rings. The molecule has 2 aliphatic carbocycles. The van der Waals surface area contributed by atoms with Crippen molar-refractivity contribution in [1.82, 2.24) is 9.55 Å². The van der Waals surface area contributed by atoms with E-state index in [0.29, 0.717) is 25.0 Å². The SMILES string of the molecule is C[C@H]1[C@@H]2CCc3c(nc(-c4ccccc4)n3-c3cccc(CCCO)c3)[C@@]2(C)CCC12OCCO2. The summed E-state index contributed by atoms with van der Waals surface area (Å²) in [6.45, 7) is 6.39. The standard InChI is InChI=1S/C30H36N2O3/c1-21-25-13-14-26-27(29(25,2)15-16-30(21)34-18-19-35-30)31-28(23-10-4-3-5-11-23)32(26)24-12-6-8-22(20-24)9-7-17-33/h3-6,8,10-12,20-21,25,33H,7,9,13-19H2,1-2H3/t21-,25-,29-/m0/s1. The molecule has 2 heterocycles. The van der Waals surface area contributed by atoms with Crippen molar-refractivity contribution in [2.24, 2.45) is 11.8 Å². The van der Waals surface area contributed by atoms with Gasteiger partial charge >= 0.3 is 0 Å². The number of benzene rings is 2. The highest BCUT2D eigenvalue weighted by Crippen LogP contribution is 2.57. The maximum absolute atomic E-state index is 9.34. The molecule has 0 amide bonds. The predicted octanol–water partition coefficient (Wildman–Crippen LogP) is 5.46. The van der Waals surface area contributed by atoms with Gasteiger partial charge in [0.2, 0.25) is 0 Å². The number of aromatic nitrogens is 2. The lowest BCUT2D eigenvalue weighted by Gasteiger charge is -2.53. The third kappa shape index (κ3) is 3.67. The number of aryl methyl sites for hydroxylation is 1. The van der Waals surface area contributed by atoms with Crippen molar-refractivity contribution < 1.29 is 14.6 Å². The lowest BCUT2D eigenvalue weighted by molar-refractivity contribution is -0.234. The zero-order chi connectivity index (χ0) is 24.0. The second kappa shape index (κ2) is 8.88. The van der Waals surface area contributed by atoms with Crippen molar-refractivity contribution in [3.05, 3.63) is 71.5 Å². The number of aliphatic hydroxyl groups is 1. The summed E-state index contributed by atoms with van der Waals surface area (Å²) in [4.78, 5) is 5.44. The Kier molecular flexibility index (Phi) is 5.82. The fourth-order valence-electron chi connectivity index (χ4n) is 7.07. The summed E-state index contributed by atoms with van der Waals surface area (Å²) < 4.78 is 14.9. The Morgan fingerprint density at radius 1 is 1.06 bits per heavy atom. The normalized spacial score (nSPS) is 27.1. The molecule has 0 radical (unpaired) electrons. The first-order valence-corrected chi connectivity index (χ1v) is 13.2. The first-order chi connectivity index (χ1) is 17.1. The molecule has 1 N–H and O–H groups in total. The molecule has 1 saturated carbocycles. The van der Waals surface area contributed by atoms with E-state index in [2.05, 4.69) is 73.0 Å². The van der Waals surface area contributed by atoms with Gasteiger partial charge in [0.15, 0.2) is 5.79 Å². The van der Waals surface area contributed by atoms with Gasteiger partial charge in [0.05, 0.1) is 18.9 Å². The average molecular weight is 473 g/mol. The van der Waals surface area contributed by atoms with E-state index in [1.54, 1.807) is 0 Å². The van der Waals surface area contributed by atoms with Gasteiger partial charge in [0.25, 0.3) is 0 Å². The minimum atomic E-state index is -0.409. The summed E-state index contributed by atoms with van der Waals surface area (Å²) in [5.74, 6) is 1.43. The Morgan fingerprint density at radius 3 is 2.63 bits per heavy atom. The van der Waals surface area contributed by atoms with Crippen molar-refractivity contribution in [2.45, 2.75) is 63.6 Å². The molecule has 35 heavy (non-hydrogen) atoms. The molecule has 3 aliphatic rings. The van der Waals surface area contributed by atoms with Gasteiger partial charge in [-0.1, -0.05) is 56.3 Å². The highest BCUT2D eigenvalue weighted by atomic mass is 16.7. The van der Waals surface area contributed by atoms with Crippen LogP contribution in [0.3, 0.4) is 0 Å². The molecule has 1 aromatic heterocycles. The van der Waals surface area contributed by atoms with Gasteiger partial charge in [-0.05, 0) is 55.7 Å². The van der Waals surface area contributed by atoms with Crippen molar-refractivity contribution in [3.8, 4) is 17.1 Å². The quantitative estimate of drug-likeness (QED) is 0.536. The number of imidazole rings is 1. The number of hydrogen-bond acceptors (Lipinski definition) is 4. The molecule has 6 rings (SSSR count). The van der Waals surface area contributed by atoms with Crippen molar-refractivity contribution >= 4 is 0 Å². The molecule has 5 heteroatoms. The highest BCUT2D eigenvalue weighted by molar-refractivity contribution is 5.62. The lowest BCUT2D eigenvalue weighted by Crippen LogP contribution is -2.55. The number of aliphatic hydroxyl groups excluding tert-OH is 1. The summed E-state index contributed by atoms with van der Waals surface area (Å²) >= 11 is 0. The molecule has 3 aromatic rings. The average Bonchev–Trinajstić information content (AvgIpc) is 3.53. The van der Waals surface area contributed by atoms with Crippen LogP contribution in [-0.2, 0) is 27.7 Å². The van der Waals surface area contributed by atoms with Gasteiger partial charge in [0.1, 0.15) is 5.82 Å². The van der Waals surface area contributed by atoms with Crippen LogP contribution in [0.4, 0.5) is 0 Å². The highest BCUT2D eigenvalue weighted by Gasteiger charge is 2.58. The summed E-state index contributed by atoms with van der Waals surface area (Å²) in [7, 11) is 0. The van der Waals surface area contributed by atoms with E-state index >= 15 is 0 Å². The summed E-state index contributed by atoms with van der Waals surface area (Å²) in [6, 6.07) is 19.3. The molecule has 5 nitrogen and oxygen atoms in total. The fourth-order valence-corrected chi connectivity index (χ4v) is 7.07. The molecular formula is C30H36N2O3. The molecule has 0 unspecified atom stereocenters. The van der Waals surface area contributed by atoms with Crippen molar-refractivity contribution in [1.29, 1.82) is 0 Å². The van der Waals surface area contributed by atoms with Gasteiger partial charge in [-0.25, -0.2) is 4.98 Å². The van der Waals surface area contributed by atoms with Crippen molar-refractivity contribution in [3.63, 3.8) is 0 Å². The Labute approximate surface area is 208 Å². The maximum atomic E-state index is 9.34. The largest absolute Gasteiger partial charge is 0.396 e. The summed E-state index contributed by atoms with van der Waals surface area (Å²) in [5.41, 5.74) is 6.16. The van der Waals surface area contributed by atoms with E-state index in [4.69, 9.17) is 14.5 Å². The third-order valence-corrected chi connectivity index (χ3v) is 8.91. The number of rotatable bonds is 5. The molecule has 3 atom stereocenters. The van der Waals surface area contributed by atoms with E-state index in [-0.39, 0.29) is 12.0 Å². The molecule has 1 aliphatic heterocycles. The van der Waals surface area contributed by atoms with Crippen molar-refractivity contribution in [2.75, 3.05) is 19.8 Å². The van der Waals surface area contributed by atoms with Crippen LogP contribution in [0.1, 0.15) is 56.5 Å². The van der Waals surface area contributed by atoms with Crippen LogP contribution in [0.15, 0.2) is 54.6 Å².